The minimum atomic E-state index is -0.0000687. The van der Waals surface area contributed by atoms with Crippen LogP contribution in [0.2, 0.25) is 0 Å². The van der Waals surface area contributed by atoms with Crippen molar-refractivity contribution in [3.63, 3.8) is 0 Å². The zero-order chi connectivity index (χ0) is 13.6. The van der Waals surface area contributed by atoms with Gasteiger partial charge in [-0.25, -0.2) is 0 Å². The van der Waals surface area contributed by atoms with Crippen molar-refractivity contribution < 1.29 is 4.74 Å². The minimum absolute atomic E-state index is 0.0000687. The highest BCUT2D eigenvalue weighted by molar-refractivity contribution is 4.90. The van der Waals surface area contributed by atoms with E-state index < -0.39 is 0 Å². The van der Waals surface area contributed by atoms with Gasteiger partial charge in [0, 0.05) is 45.9 Å². The Bertz CT molecular complexity index is 227. The van der Waals surface area contributed by atoms with Crippen molar-refractivity contribution in [3.8, 4) is 0 Å². The van der Waals surface area contributed by atoms with E-state index in [1.54, 1.807) is 0 Å². The molecule has 0 saturated carbocycles. The molecular weight excluding hydrogens is 226 g/mol. The summed E-state index contributed by atoms with van der Waals surface area (Å²) in [5.74, 6) is 0.751. The van der Waals surface area contributed by atoms with Gasteiger partial charge in [-0.2, -0.15) is 0 Å². The summed E-state index contributed by atoms with van der Waals surface area (Å²) in [5.41, 5.74) is 5.96. The lowest BCUT2D eigenvalue weighted by atomic mass is 10.00. The van der Waals surface area contributed by atoms with E-state index in [1.807, 2.05) is 6.92 Å². The Morgan fingerprint density at radius 2 is 1.83 bits per heavy atom. The third-order valence-electron chi connectivity index (χ3n) is 3.82. The topological polar surface area (TPSA) is 41.7 Å². The van der Waals surface area contributed by atoms with Gasteiger partial charge in [0.25, 0.3) is 0 Å². The highest BCUT2D eigenvalue weighted by Gasteiger charge is 2.33. The highest BCUT2D eigenvalue weighted by atomic mass is 16.5. The molecule has 1 atom stereocenters. The Hall–Kier alpha value is -0.160. The second kappa shape index (κ2) is 7.43. The summed E-state index contributed by atoms with van der Waals surface area (Å²) >= 11 is 0. The molecule has 108 valence electrons. The molecule has 18 heavy (non-hydrogen) atoms. The number of ether oxygens (including phenoxy) is 1. The van der Waals surface area contributed by atoms with Gasteiger partial charge in [0.2, 0.25) is 0 Å². The van der Waals surface area contributed by atoms with E-state index in [9.17, 15) is 0 Å². The fraction of sp³-hybridized carbons (Fsp3) is 1.00. The van der Waals surface area contributed by atoms with Crippen molar-refractivity contribution in [1.29, 1.82) is 0 Å². The molecule has 0 amide bonds. The van der Waals surface area contributed by atoms with Crippen LogP contribution in [-0.4, -0.2) is 67.8 Å². The predicted octanol–water partition coefficient (Wildman–Crippen LogP) is 1.01. The lowest BCUT2D eigenvalue weighted by Gasteiger charge is -2.45. The fourth-order valence-electron chi connectivity index (χ4n) is 2.59. The molecule has 0 bridgehead atoms. The largest absolute Gasteiger partial charge is 0.380 e. The molecule has 1 heterocycles. The van der Waals surface area contributed by atoms with Crippen molar-refractivity contribution in [2.45, 2.75) is 33.2 Å². The van der Waals surface area contributed by atoms with Crippen LogP contribution in [0.1, 0.15) is 27.7 Å². The molecule has 0 aliphatic carbocycles. The van der Waals surface area contributed by atoms with Crippen molar-refractivity contribution in [2.75, 3.05) is 52.5 Å². The number of rotatable bonds is 7. The molecule has 1 unspecified atom stereocenters. The van der Waals surface area contributed by atoms with Crippen LogP contribution in [0, 0.1) is 5.92 Å². The molecule has 0 radical (unpaired) electrons. The molecule has 0 spiro atoms. The van der Waals surface area contributed by atoms with Crippen LogP contribution in [0.3, 0.4) is 0 Å². The van der Waals surface area contributed by atoms with Crippen LogP contribution in [0.4, 0.5) is 0 Å². The Balaban J connectivity index is 2.44. The molecule has 1 saturated heterocycles. The quantitative estimate of drug-likeness (QED) is 0.739. The zero-order valence-electron chi connectivity index (χ0n) is 12.6. The van der Waals surface area contributed by atoms with E-state index in [-0.39, 0.29) is 5.54 Å². The number of nitrogens with zero attached hydrogens (tertiary/aromatic N) is 2. The average Bonchev–Trinajstić information content (AvgIpc) is 2.36. The number of piperazine rings is 1. The number of hydrogen-bond acceptors (Lipinski definition) is 4. The third-order valence-corrected chi connectivity index (χ3v) is 3.82. The first kappa shape index (κ1) is 15.9. The standard InChI is InChI=1S/C14H31N3O/c1-5-18-12-14(4,11-15)17-8-6-16(7-9-17)10-13(2)3/h13H,5-12,15H2,1-4H3. The molecule has 0 aromatic heterocycles. The van der Waals surface area contributed by atoms with Crippen LogP contribution >= 0.6 is 0 Å². The van der Waals surface area contributed by atoms with E-state index in [0.717, 1.165) is 45.3 Å². The van der Waals surface area contributed by atoms with E-state index in [1.165, 1.54) is 6.54 Å². The smallest absolute Gasteiger partial charge is 0.0659 e. The SMILES string of the molecule is CCOCC(C)(CN)N1CCN(CC(C)C)CC1. The summed E-state index contributed by atoms with van der Waals surface area (Å²) in [6.45, 7) is 16.7. The van der Waals surface area contributed by atoms with E-state index in [4.69, 9.17) is 10.5 Å². The van der Waals surface area contributed by atoms with Gasteiger partial charge >= 0.3 is 0 Å². The van der Waals surface area contributed by atoms with Gasteiger partial charge in [-0.15, -0.1) is 0 Å². The Labute approximate surface area is 112 Å². The summed E-state index contributed by atoms with van der Waals surface area (Å²) in [5, 5.41) is 0. The first-order valence-corrected chi connectivity index (χ1v) is 7.27. The van der Waals surface area contributed by atoms with Crippen molar-refractivity contribution in [1.82, 2.24) is 9.80 Å². The molecule has 4 nitrogen and oxygen atoms in total. The molecule has 2 N–H and O–H groups in total. The van der Waals surface area contributed by atoms with Crippen molar-refractivity contribution in [3.05, 3.63) is 0 Å². The van der Waals surface area contributed by atoms with Crippen LogP contribution in [0.15, 0.2) is 0 Å². The maximum absolute atomic E-state index is 5.96. The Morgan fingerprint density at radius 1 is 1.22 bits per heavy atom. The summed E-state index contributed by atoms with van der Waals surface area (Å²) in [6.07, 6.45) is 0. The van der Waals surface area contributed by atoms with Gasteiger partial charge in [0.15, 0.2) is 0 Å². The molecule has 0 aromatic carbocycles. The molecule has 1 fully saturated rings. The minimum Gasteiger partial charge on any atom is -0.380 e. The first-order chi connectivity index (χ1) is 8.51. The maximum atomic E-state index is 5.96. The lowest BCUT2D eigenvalue weighted by Crippen LogP contribution is -2.61. The van der Waals surface area contributed by atoms with Crippen LogP contribution in [0.5, 0.6) is 0 Å². The fourth-order valence-corrected chi connectivity index (χ4v) is 2.59. The third kappa shape index (κ3) is 4.50. The first-order valence-electron chi connectivity index (χ1n) is 7.27. The monoisotopic (exact) mass is 257 g/mol. The molecule has 1 aliphatic rings. The Morgan fingerprint density at radius 3 is 2.28 bits per heavy atom. The predicted molar refractivity (Wildman–Crippen MR) is 76.8 cm³/mol. The molecular formula is C14H31N3O. The van der Waals surface area contributed by atoms with Crippen molar-refractivity contribution >= 4 is 0 Å². The maximum Gasteiger partial charge on any atom is 0.0659 e. The average molecular weight is 257 g/mol. The number of hydrogen-bond donors (Lipinski definition) is 1. The summed E-state index contributed by atoms with van der Waals surface area (Å²) in [7, 11) is 0. The molecule has 1 rings (SSSR count). The van der Waals surface area contributed by atoms with Crippen LogP contribution in [0.25, 0.3) is 0 Å². The highest BCUT2D eigenvalue weighted by Crippen LogP contribution is 2.17. The summed E-state index contributed by atoms with van der Waals surface area (Å²) in [4.78, 5) is 5.05. The van der Waals surface area contributed by atoms with Gasteiger partial charge in [-0.3, -0.25) is 4.90 Å². The normalized spacial score (nSPS) is 22.3. The van der Waals surface area contributed by atoms with Crippen LogP contribution < -0.4 is 5.73 Å². The Kier molecular flexibility index (Phi) is 6.57. The second-order valence-corrected chi connectivity index (χ2v) is 6.02. The van der Waals surface area contributed by atoms with E-state index >= 15 is 0 Å². The van der Waals surface area contributed by atoms with Gasteiger partial charge in [-0.05, 0) is 19.8 Å². The van der Waals surface area contributed by atoms with Gasteiger partial charge in [0.1, 0.15) is 0 Å². The zero-order valence-corrected chi connectivity index (χ0v) is 12.6. The van der Waals surface area contributed by atoms with Crippen LogP contribution in [-0.2, 0) is 4.74 Å². The van der Waals surface area contributed by atoms with Gasteiger partial charge < -0.3 is 15.4 Å². The van der Waals surface area contributed by atoms with Crippen molar-refractivity contribution in [2.24, 2.45) is 11.7 Å². The van der Waals surface area contributed by atoms with E-state index in [2.05, 4.69) is 30.6 Å². The lowest BCUT2D eigenvalue weighted by molar-refractivity contribution is -0.0159. The number of nitrogens with two attached hydrogens (primary N) is 1. The molecule has 1 aliphatic heterocycles. The molecule has 4 heteroatoms. The second-order valence-electron chi connectivity index (χ2n) is 6.02. The van der Waals surface area contributed by atoms with E-state index in [0.29, 0.717) is 6.54 Å². The van der Waals surface area contributed by atoms with Gasteiger partial charge in [-0.1, -0.05) is 13.8 Å². The summed E-state index contributed by atoms with van der Waals surface area (Å²) in [6, 6.07) is 0. The van der Waals surface area contributed by atoms with Gasteiger partial charge in [0.05, 0.1) is 12.1 Å². The summed E-state index contributed by atoms with van der Waals surface area (Å²) < 4.78 is 5.60. The molecule has 0 aromatic rings.